The van der Waals surface area contributed by atoms with E-state index in [-0.39, 0.29) is 18.6 Å². The van der Waals surface area contributed by atoms with Crippen molar-refractivity contribution in [3.8, 4) is 0 Å². The fourth-order valence-corrected chi connectivity index (χ4v) is 2.41. The van der Waals surface area contributed by atoms with Crippen molar-refractivity contribution in [2.45, 2.75) is 25.7 Å². The highest BCUT2D eigenvalue weighted by molar-refractivity contribution is 7.89. The minimum Gasteiger partial charge on any atom is -0.481 e. The van der Waals surface area contributed by atoms with Gasteiger partial charge in [0.1, 0.15) is 0 Å². The van der Waals surface area contributed by atoms with Gasteiger partial charge < -0.3 is 14.6 Å². The van der Waals surface area contributed by atoms with Gasteiger partial charge in [0.25, 0.3) is 0 Å². The summed E-state index contributed by atoms with van der Waals surface area (Å²) >= 11 is 0. The van der Waals surface area contributed by atoms with Crippen molar-refractivity contribution in [3.63, 3.8) is 0 Å². The molecule has 2 N–H and O–H groups in total. The molecule has 0 atom stereocenters. The lowest BCUT2D eigenvalue weighted by molar-refractivity contribution is -0.137. The summed E-state index contributed by atoms with van der Waals surface area (Å²) in [5.74, 6) is -1.13. The van der Waals surface area contributed by atoms with E-state index in [9.17, 15) is 13.2 Å². The first-order chi connectivity index (χ1) is 8.98. The average Bonchev–Trinajstić information content (AvgIpc) is 2.31. The van der Waals surface area contributed by atoms with Crippen molar-refractivity contribution in [3.05, 3.63) is 0 Å². The first-order valence-corrected chi connectivity index (χ1v) is 7.89. The quantitative estimate of drug-likeness (QED) is 0.471. The van der Waals surface area contributed by atoms with Crippen LogP contribution in [-0.4, -0.2) is 58.7 Å². The van der Waals surface area contributed by atoms with Crippen LogP contribution >= 0.6 is 0 Å². The Kier molecular flexibility index (Phi) is 10.7. The molecule has 0 amide bonds. The van der Waals surface area contributed by atoms with E-state index in [1.807, 2.05) is 0 Å². The van der Waals surface area contributed by atoms with E-state index in [1.165, 1.54) is 0 Å². The molecule has 0 radical (unpaired) electrons. The van der Waals surface area contributed by atoms with E-state index < -0.39 is 16.0 Å². The second kappa shape index (κ2) is 11.2. The van der Waals surface area contributed by atoms with Crippen molar-refractivity contribution < 1.29 is 27.8 Å². The summed E-state index contributed by atoms with van der Waals surface area (Å²) in [5.41, 5.74) is 0. The van der Waals surface area contributed by atoms with Gasteiger partial charge in [0.15, 0.2) is 0 Å². The van der Waals surface area contributed by atoms with Crippen molar-refractivity contribution in [1.29, 1.82) is 0 Å². The molecule has 114 valence electrons. The lowest BCUT2D eigenvalue weighted by atomic mass is 10.3. The molecule has 0 aliphatic rings. The predicted molar refractivity (Wildman–Crippen MR) is 70.6 cm³/mol. The summed E-state index contributed by atoms with van der Waals surface area (Å²) in [6, 6.07) is 0. The molecule has 8 heteroatoms. The van der Waals surface area contributed by atoms with Gasteiger partial charge in [0, 0.05) is 26.7 Å². The van der Waals surface area contributed by atoms with Gasteiger partial charge in [-0.05, 0) is 19.3 Å². The van der Waals surface area contributed by atoms with Crippen LogP contribution in [0.15, 0.2) is 0 Å². The third-order valence-corrected chi connectivity index (χ3v) is 3.74. The van der Waals surface area contributed by atoms with Crippen molar-refractivity contribution in [2.24, 2.45) is 0 Å². The normalized spacial score (nSPS) is 11.6. The zero-order valence-corrected chi connectivity index (χ0v) is 12.1. The zero-order valence-electron chi connectivity index (χ0n) is 11.3. The Hall–Kier alpha value is -0.700. The molecule has 7 nitrogen and oxygen atoms in total. The van der Waals surface area contributed by atoms with E-state index in [1.54, 1.807) is 7.11 Å². The summed E-state index contributed by atoms with van der Waals surface area (Å²) < 4.78 is 35.3. The van der Waals surface area contributed by atoms with Gasteiger partial charge in [0.2, 0.25) is 10.0 Å². The molecule has 0 unspecified atom stereocenters. The number of carboxylic acid groups (broad SMARTS) is 1. The maximum atomic E-state index is 11.4. The molecule has 0 rings (SSSR count). The number of ether oxygens (including phenoxy) is 2. The van der Waals surface area contributed by atoms with Gasteiger partial charge >= 0.3 is 5.97 Å². The number of methoxy groups -OCH3 is 1. The van der Waals surface area contributed by atoms with Crippen LogP contribution in [0.25, 0.3) is 0 Å². The van der Waals surface area contributed by atoms with E-state index in [2.05, 4.69) is 4.72 Å². The molecule has 0 aromatic carbocycles. The molecule has 0 saturated heterocycles. The monoisotopic (exact) mass is 297 g/mol. The molecule has 0 aromatic rings. The van der Waals surface area contributed by atoms with Gasteiger partial charge in [0.05, 0.1) is 19.0 Å². The van der Waals surface area contributed by atoms with Gasteiger partial charge in [-0.15, -0.1) is 0 Å². The molecule has 0 aliphatic carbocycles. The van der Waals surface area contributed by atoms with Gasteiger partial charge in [-0.3, -0.25) is 4.79 Å². The smallest absolute Gasteiger partial charge is 0.303 e. The maximum Gasteiger partial charge on any atom is 0.303 e. The van der Waals surface area contributed by atoms with Crippen LogP contribution in [0.2, 0.25) is 0 Å². The summed E-state index contributed by atoms with van der Waals surface area (Å²) in [6.07, 6.45) is 1.45. The Morgan fingerprint density at radius 1 is 1.16 bits per heavy atom. The number of rotatable bonds is 13. The molecular weight excluding hydrogens is 274 g/mol. The third-order valence-electron chi connectivity index (χ3n) is 2.27. The Labute approximate surface area is 114 Å². The first-order valence-electron chi connectivity index (χ1n) is 6.24. The molecule has 0 bridgehead atoms. The van der Waals surface area contributed by atoms with Crippen molar-refractivity contribution in [2.75, 3.05) is 39.2 Å². The number of carboxylic acids is 1. The van der Waals surface area contributed by atoms with Gasteiger partial charge in [-0.2, -0.15) is 0 Å². The highest BCUT2D eigenvalue weighted by Gasteiger charge is 2.10. The summed E-state index contributed by atoms with van der Waals surface area (Å²) in [7, 11) is -1.75. The van der Waals surface area contributed by atoms with Crippen molar-refractivity contribution >= 4 is 16.0 Å². The lowest BCUT2D eigenvalue weighted by Crippen LogP contribution is -2.27. The van der Waals surface area contributed by atoms with Gasteiger partial charge in [-0.1, -0.05) is 0 Å². The Morgan fingerprint density at radius 3 is 2.53 bits per heavy atom. The lowest BCUT2D eigenvalue weighted by Gasteiger charge is -2.06. The van der Waals surface area contributed by atoms with E-state index >= 15 is 0 Å². The number of carbonyl (C=O) groups is 1. The van der Waals surface area contributed by atoms with Crippen LogP contribution in [0.3, 0.4) is 0 Å². The molecular formula is C11H23NO6S. The molecule has 19 heavy (non-hydrogen) atoms. The van der Waals surface area contributed by atoms with Crippen LogP contribution < -0.4 is 4.72 Å². The van der Waals surface area contributed by atoms with Crippen molar-refractivity contribution in [1.82, 2.24) is 4.72 Å². The Balaban J connectivity index is 3.45. The molecule has 0 aliphatic heterocycles. The van der Waals surface area contributed by atoms with E-state index in [0.29, 0.717) is 32.8 Å². The van der Waals surface area contributed by atoms with E-state index in [4.69, 9.17) is 14.6 Å². The fraction of sp³-hybridized carbons (Fsp3) is 0.909. The fourth-order valence-electron chi connectivity index (χ4n) is 1.29. The molecule has 0 saturated carbocycles. The second-order valence-corrected chi connectivity index (χ2v) is 5.95. The molecule has 0 fully saturated rings. The summed E-state index contributed by atoms with van der Waals surface area (Å²) in [6.45, 7) is 2.01. The number of unbranched alkanes of at least 4 members (excludes halogenated alkanes) is 1. The SMILES string of the molecule is COCCOCCCCNS(=O)(=O)CCCC(=O)O. The van der Waals surface area contributed by atoms with Crippen LogP contribution in [-0.2, 0) is 24.3 Å². The standard InChI is InChI=1S/C11H23NO6S/c1-17-8-9-18-7-3-2-6-12-19(15,16)10-4-5-11(13)14/h12H,2-10H2,1H3,(H,13,14). The number of sulfonamides is 1. The predicted octanol–water partition coefficient (Wildman–Crippen LogP) is 0.214. The first kappa shape index (κ1) is 18.3. The Bertz CT molecular complexity index is 330. The highest BCUT2D eigenvalue weighted by Crippen LogP contribution is 1.96. The summed E-state index contributed by atoms with van der Waals surface area (Å²) in [4.78, 5) is 10.3. The minimum absolute atomic E-state index is 0.130. The van der Waals surface area contributed by atoms with Crippen LogP contribution in [0.5, 0.6) is 0 Å². The van der Waals surface area contributed by atoms with Crippen LogP contribution in [0.1, 0.15) is 25.7 Å². The zero-order chi connectivity index (χ0) is 14.6. The van der Waals surface area contributed by atoms with Crippen LogP contribution in [0.4, 0.5) is 0 Å². The van der Waals surface area contributed by atoms with E-state index in [0.717, 1.165) is 6.42 Å². The Morgan fingerprint density at radius 2 is 1.89 bits per heavy atom. The average molecular weight is 297 g/mol. The topological polar surface area (TPSA) is 102 Å². The number of aliphatic carboxylic acids is 1. The highest BCUT2D eigenvalue weighted by atomic mass is 32.2. The second-order valence-electron chi connectivity index (χ2n) is 4.02. The van der Waals surface area contributed by atoms with Crippen LogP contribution in [0, 0.1) is 0 Å². The number of nitrogens with one attached hydrogen (secondary N) is 1. The maximum absolute atomic E-state index is 11.4. The molecule has 0 spiro atoms. The molecule has 0 heterocycles. The summed E-state index contributed by atoms with van der Waals surface area (Å²) in [5, 5.41) is 8.41. The largest absolute Gasteiger partial charge is 0.481 e. The number of hydrogen-bond donors (Lipinski definition) is 2. The third kappa shape index (κ3) is 13.5. The minimum atomic E-state index is -3.35. The number of hydrogen-bond acceptors (Lipinski definition) is 5. The molecule has 0 aromatic heterocycles. The van der Waals surface area contributed by atoms with Gasteiger partial charge in [-0.25, -0.2) is 13.1 Å².